The topological polar surface area (TPSA) is 43.3 Å². The van der Waals surface area contributed by atoms with Crippen molar-refractivity contribution < 1.29 is 8.78 Å². The van der Waals surface area contributed by atoms with E-state index in [2.05, 4.69) is 4.98 Å². The monoisotopic (exact) mass is 223 g/mol. The van der Waals surface area contributed by atoms with Crippen LogP contribution in [0.2, 0.25) is 0 Å². The molecular formula is C11H11F2N3. The summed E-state index contributed by atoms with van der Waals surface area (Å²) >= 11 is 0. The van der Waals surface area contributed by atoms with Crippen molar-refractivity contribution in [2.75, 3.05) is 0 Å². The molecule has 0 aromatic carbocycles. The van der Waals surface area contributed by atoms with Crippen LogP contribution in [0.15, 0.2) is 30.6 Å². The molecule has 0 amide bonds. The maximum absolute atomic E-state index is 12.9. The van der Waals surface area contributed by atoms with Gasteiger partial charge >= 0.3 is 0 Å². The van der Waals surface area contributed by atoms with Gasteiger partial charge in [-0.25, -0.2) is 13.8 Å². The number of aromatic nitrogens is 2. The fourth-order valence-corrected chi connectivity index (χ4v) is 2.23. The highest BCUT2D eigenvalue weighted by atomic mass is 19.3. The molecule has 2 aromatic heterocycles. The third kappa shape index (κ3) is 1.31. The first kappa shape index (κ1) is 9.72. The second-order valence-electron chi connectivity index (χ2n) is 4.46. The molecule has 1 aliphatic rings. The SMILES string of the molecule is NC1(c2cn3ccccc3n2)CC(F)(F)C1. The van der Waals surface area contributed by atoms with Crippen LogP contribution in [0.25, 0.3) is 5.65 Å². The molecule has 84 valence electrons. The fraction of sp³-hybridized carbons (Fsp3) is 0.364. The molecule has 0 spiro atoms. The Morgan fingerprint density at radius 3 is 2.69 bits per heavy atom. The van der Waals surface area contributed by atoms with Crippen LogP contribution in [0, 0.1) is 0 Å². The molecule has 2 heterocycles. The van der Waals surface area contributed by atoms with Gasteiger partial charge in [0.05, 0.1) is 11.2 Å². The number of rotatable bonds is 1. The van der Waals surface area contributed by atoms with Crippen molar-refractivity contribution in [1.29, 1.82) is 0 Å². The Labute approximate surface area is 90.9 Å². The summed E-state index contributed by atoms with van der Waals surface area (Å²) in [5, 5.41) is 0. The third-order valence-electron chi connectivity index (χ3n) is 3.02. The van der Waals surface area contributed by atoms with E-state index in [9.17, 15) is 8.78 Å². The highest BCUT2D eigenvalue weighted by molar-refractivity contribution is 5.41. The first-order valence-electron chi connectivity index (χ1n) is 5.10. The predicted molar refractivity (Wildman–Crippen MR) is 55.2 cm³/mol. The molecule has 0 unspecified atom stereocenters. The van der Waals surface area contributed by atoms with E-state index in [1.54, 1.807) is 10.6 Å². The van der Waals surface area contributed by atoms with E-state index in [1.165, 1.54) is 0 Å². The summed E-state index contributed by atoms with van der Waals surface area (Å²) in [4.78, 5) is 4.28. The minimum atomic E-state index is -2.63. The summed E-state index contributed by atoms with van der Waals surface area (Å²) in [5.74, 6) is -2.63. The molecule has 1 aliphatic carbocycles. The van der Waals surface area contributed by atoms with Crippen LogP contribution >= 0.6 is 0 Å². The lowest BCUT2D eigenvalue weighted by molar-refractivity contribution is -0.126. The molecule has 1 fully saturated rings. The molecular weight excluding hydrogens is 212 g/mol. The first-order valence-corrected chi connectivity index (χ1v) is 5.10. The predicted octanol–water partition coefficient (Wildman–Crippen LogP) is 1.92. The molecule has 3 rings (SSSR count). The van der Waals surface area contributed by atoms with Crippen LogP contribution in [-0.4, -0.2) is 15.3 Å². The van der Waals surface area contributed by atoms with Crippen LogP contribution in [0.1, 0.15) is 18.5 Å². The van der Waals surface area contributed by atoms with E-state index in [1.807, 2.05) is 24.4 Å². The normalized spacial score (nSPS) is 21.9. The largest absolute Gasteiger partial charge is 0.320 e. The van der Waals surface area contributed by atoms with Gasteiger partial charge in [-0.05, 0) is 12.1 Å². The number of pyridine rings is 1. The molecule has 16 heavy (non-hydrogen) atoms. The van der Waals surface area contributed by atoms with E-state index in [0.29, 0.717) is 5.69 Å². The Morgan fingerprint density at radius 1 is 1.31 bits per heavy atom. The summed E-state index contributed by atoms with van der Waals surface area (Å²) in [5.41, 5.74) is 6.22. The van der Waals surface area contributed by atoms with Gasteiger partial charge in [0, 0.05) is 25.2 Å². The van der Waals surface area contributed by atoms with Crippen molar-refractivity contribution in [3.63, 3.8) is 0 Å². The number of fused-ring (bicyclic) bond motifs is 1. The van der Waals surface area contributed by atoms with Crippen molar-refractivity contribution in [2.24, 2.45) is 5.73 Å². The summed E-state index contributed by atoms with van der Waals surface area (Å²) in [6, 6.07) is 5.53. The fourth-order valence-electron chi connectivity index (χ4n) is 2.23. The van der Waals surface area contributed by atoms with Gasteiger partial charge in [-0.15, -0.1) is 0 Å². The molecule has 1 saturated carbocycles. The van der Waals surface area contributed by atoms with Crippen molar-refractivity contribution in [2.45, 2.75) is 24.3 Å². The molecule has 3 nitrogen and oxygen atoms in total. The zero-order chi connectivity index (χ0) is 11.4. The Balaban J connectivity index is 2.01. The first-order chi connectivity index (χ1) is 7.49. The van der Waals surface area contributed by atoms with Gasteiger partial charge in [-0.3, -0.25) is 0 Å². The van der Waals surface area contributed by atoms with E-state index in [-0.39, 0.29) is 12.8 Å². The summed E-state index contributed by atoms with van der Waals surface area (Å²) in [7, 11) is 0. The van der Waals surface area contributed by atoms with Crippen LogP contribution in [0.4, 0.5) is 8.78 Å². The van der Waals surface area contributed by atoms with E-state index < -0.39 is 11.5 Å². The minimum absolute atomic E-state index is 0.316. The average Bonchev–Trinajstić information content (AvgIpc) is 2.57. The van der Waals surface area contributed by atoms with Gasteiger partial charge in [0.25, 0.3) is 5.92 Å². The number of nitrogens with zero attached hydrogens (tertiary/aromatic N) is 2. The van der Waals surface area contributed by atoms with Crippen LogP contribution in [0.3, 0.4) is 0 Å². The van der Waals surface area contributed by atoms with Crippen molar-refractivity contribution >= 4 is 5.65 Å². The van der Waals surface area contributed by atoms with Gasteiger partial charge in [-0.1, -0.05) is 6.07 Å². The molecule has 0 saturated heterocycles. The van der Waals surface area contributed by atoms with Gasteiger partial charge in [0.2, 0.25) is 0 Å². The van der Waals surface area contributed by atoms with E-state index in [0.717, 1.165) is 5.65 Å². The minimum Gasteiger partial charge on any atom is -0.320 e. The lowest BCUT2D eigenvalue weighted by Gasteiger charge is -2.43. The summed E-state index contributed by atoms with van der Waals surface area (Å²) in [6.45, 7) is 0. The summed E-state index contributed by atoms with van der Waals surface area (Å²) in [6.07, 6.45) is 2.92. The Bertz CT molecular complexity index is 506. The quantitative estimate of drug-likeness (QED) is 0.802. The average molecular weight is 223 g/mol. The van der Waals surface area contributed by atoms with Gasteiger partial charge in [0.15, 0.2) is 0 Å². The van der Waals surface area contributed by atoms with Crippen molar-refractivity contribution in [3.05, 3.63) is 36.3 Å². The van der Waals surface area contributed by atoms with Gasteiger partial charge < -0.3 is 10.1 Å². The Kier molecular flexibility index (Phi) is 1.70. The number of hydrogen-bond donors (Lipinski definition) is 1. The number of alkyl halides is 2. The van der Waals surface area contributed by atoms with Crippen LogP contribution < -0.4 is 5.73 Å². The standard InChI is InChI=1S/C11H11F2N3/c12-11(13)6-10(14,7-11)8-5-16-4-2-1-3-9(16)15-8/h1-5H,6-7,14H2. The number of halogens is 2. The van der Waals surface area contributed by atoms with Gasteiger partial charge in [0.1, 0.15) is 5.65 Å². The zero-order valence-corrected chi connectivity index (χ0v) is 8.53. The third-order valence-corrected chi connectivity index (χ3v) is 3.02. The Morgan fingerprint density at radius 2 is 2.06 bits per heavy atom. The molecule has 0 radical (unpaired) electrons. The van der Waals surface area contributed by atoms with Crippen LogP contribution in [0.5, 0.6) is 0 Å². The molecule has 2 aromatic rings. The highest BCUT2D eigenvalue weighted by Crippen LogP contribution is 2.49. The molecule has 5 heteroatoms. The molecule has 0 atom stereocenters. The van der Waals surface area contributed by atoms with Crippen molar-refractivity contribution in [1.82, 2.24) is 9.38 Å². The molecule has 2 N–H and O–H groups in total. The zero-order valence-electron chi connectivity index (χ0n) is 8.53. The maximum Gasteiger partial charge on any atom is 0.252 e. The van der Waals surface area contributed by atoms with E-state index >= 15 is 0 Å². The van der Waals surface area contributed by atoms with E-state index in [4.69, 9.17) is 5.73 Å². The molecule has 0 aliphatic heterocycles. The lowest BCUT2D eigenvalue weighted by Crippen LogP contribution is -2.55. The smallest absolute Gasteiger partial charge is 0.252 e. The highest BCUT2D eigenvalue weighted by Gasteiger charge is 2.56. The number of hydrogen-bond acceptors (Lipinski definition) is 2. The lowest BCUT2D eigenvalue weighted by atomic mass is 9.72. The van der Waals surface area contributed by atoms with Crippen molar-refractivity contribution in [3.8, 4) is 0 Å². The molecule has 0 bridgehead atoms. The Hall–Kier alpha value is -1.49. The van der Waals surface area contributed by atoms with Crippen LogP contribution in [-0.2, 0) is 5.54 Å². The number of imidazole rings is 1. The second kappa shape index (κ2) is 2.79. The number of nitrogens with two attached hydrogens (primary N) is 1. The summed E-state index contributed by atoms with van der Waals surface area (Å²) < 4.78 is 27.5. The maximum atomic E-state index is 12.9. The second-order valence-corrected chi connectivity index (χ2v) is 4.46. The van der Waals surface area contributed by atoms with Gasteiger partial charge in [-0.2, -0.15) is 0 Å².